The molecule has 0 saturated heterocycles. The van der Waals surface area contributed by atoms with E-state index in [0.29, 0.717) is 27.9 Å². The number of pyridine rings is 1. The number of rotatable bonds is 2. The lowest BCUT2D eigenvalue weighted by Gasteiger charge is -2.21. The van der Waals surface area contributed by atoms with Crippen molar-refractivity contribution in [2.24, 2.45) is 0 Å². The quantitative estimate of drug-likeness (QED) is 0.366. The highest BCUT2D eigenvalue weighted by atomic mass is 16.1. The molecule has 0 amide bonds. The van der Waals surface area contributed by atoms with Crippen LogP contribution in [0.25, 0.3) is 27.8 Å². The van der Waals surface area contributed by atoms with Gasteiger partial charge in [-0.1, -0.05) is 72.3 Å². The summed E-state index contributed by atoms with van der Waals surface area (Å²) in [5.74, 6) is -0.425. The van der Waals surface area contributed by atoms with Crippen molar-refractivity contribution < 1.29 is 9.59 Å². The van der Waals surface area contributed by atoms with Gasteiger partial charge in [0.15, 0.2) is 11.4 Å². The molecule has 2 heterocycles. The van der Waals surface area contributed by atoms with Gasteiger partial charge < -0.3 is 0 Å². The summed E-state index contributed by atoms with van der Waals surface area (Å²) in [4.78, 5) is 32.0. The number of fused-ring (bicyclic) bond motifs is 3. The van der Waals surface area contributed by atoms with Gasteiger partial charge in [0.1, 0.15) is 5.69 Å². The Hall–Kier alpha value is -4.38. The number of carbonyl (C=O) groups is 2. The Morgan fingerprint density at radius 2 is 1.33 bits per heavy atom. The van der Waals surface area contributed by atoms with Crippen LogP contribution in [0.1, 0.15) is 43.2 Å². The molecular weight excluding hydrogens is 410 g/mol. The molecule has 33 heavy (non-hydrogen) atoms. The van der Waals surface area contributed by atoms with Gasteiger partial charge in [-0.2, -0.15) is 5.10 Å². The number of aryl methyl sites for hydroxylation is 2. The summed E-state index contributed by atoms with van der Waals surface area (Å²) in [7, 11) is 0. The first-order chi connectivity index (χ1) is 16.0. The van der Waals surface area contributed by atoms with Crippen molar-refractivity contribution in [1.82, 2.24) is 14.8 Å². The molecule has 5 nitrogen and oxygen atoms in total. The first-order valence-electron chi connectivity index (χ1n) is 10.8. The molecule has 3 aromatic carbocycles. The van der Waals surface area contributed by atoms with Gasteiger partial charge in [-0.3, -0.25) is 9.59 Å². The van der Waals surface area contributed by atoms with E-state index < -0.39 is 0 Å². The van der Waals surface area contributed by atoms with E-state index in [1.54, 1.807) is 28.9 Å². The molecule has 0 radical (unpaired) electrons. The summed E-state index contributed by atoms with van der Waals surface area (Å²) >= 11 is 0. The first-order valence-corrected chi connectivity index (χ1v) is 10.8. The maximum atomic E-state index is 13.7. The summed E-state index contributed by atoms with van der Waals surface area (Å²) in [6.07, 6.45) is 0. The van der Waals surface area contributed by atoms with Crippen molar-refractivity contribution in [3.63, 3.8) is 0 Å². The summed E-state index contributed by atoms with van der Waals surface area (Å²) in [6.45, 7) is 3.93. The largest absolute Gasteiger partial charge is 0.288 e. The van der Waals surface area contributed by atoms with Gasteiger partial charge >= 0.3 is 0 Å². The SMILES string of the molecule is Cc1ccc(-c2c3c(nc4c2c(C)nn4-c2ccccc2)C(=O)c2ccccc2C3=O)cc1. The topological polar surface area (TPSA) is 64.8 Å². The molecule has 0 spiro atoms. The van der Waals surface area contributed by atoms with Gasteiger partial charge in [-0.05, 0) is 31.5 Å². The van der Waals surface area contributed by atoms with E-state index in [2.05, 4.69) is 0 Å². The van der Waals surface area contributed by atoms with Crippen molar-refractivity contribution in [3.05, 3.63) is 113 Å². The molecule has 6 rings (SSSR count). The third kappa shape index (κ3) is 2.79. The molecule has 1 aliphatic carbocycles. The van der Waals surface area contributed by atoms with E-state index in [9.17, 15) is 9.59 Å². The lowest BCUT2D eigenvalue weighted by Crippen LogP contribution is -2.23. The zero-order valence-corrected chi connectivity index (χ0v) is 18.2. The molecule has 0 N–H and O–H groups in total. The minimum Gasteiger partial charge on any atom is -0.288 e. The number of ketones is 2. The molecule has 2 aromatic heterocycles. The predicted octanol–water partition coefficient (Wildman–Crippen LogP) is 5.48. The summed E-state index contributed by atoms with van der Waals surface area (Å²) in [6, 6.07) is 24.6. The van der Waals surface area contributed by atoms with E-state index in [-0.39, 0.29) is 17.3 Å². The molecule has 0 atom stereocenters. The normalized spacial score (nSPS) is 12.7. The van der Waals surface area contributed by atoms with Gasteiger partial charge in [-0.15, -0.1) is 0 Å². The lowest BCUT2D eigenvalue weighted by molar-refractivity contribution is 0.0976. The fourth-order valence-electron chi connectivity index (χ4n) is 4.60. The van der Waals surface area contributed by atoms with Crippen molar-refractivity contribution in [2.75, 3.05) is 0 Å². The van der Waals surface area contributed by atoms with Crippen LogP contribution in [0.15, 0.2) is 78.9 Å². The van der Waals surface area contributed by atoms with Crippen molar-refractivity contribution in [3.8, 4) is 16.8 Å². The van der Waals surface area contributed by atoms with Crippen LogP contribution in [-0.2, 0) is 0 Å². The Morgan fingerprint density at radius 3 is 2.03 bits per heavy atom. The minimum absolute atomic E-state index is 0.179. The van der Waals surface area contributed by atoms with Crippen LogP contribution in [0.2, 0.25) is 0 Å². The standard InChI is InChI=1S/C28H19N3O2/c1-16-12-14-18(15-13-16)23-22-17(2)30-31(19-8-4-3-5-9-19)28(22)29-25-24(23)26(32)20-10-6-7-11-21(20)27(25)33/h3-15H,1-2H3. The van der Waals surface area contributed by atoms with Gasteiger partial charge in [0.2, 0.25) is 5.78 Å². The van der Waals surface area contributed by atoms with Crippen molar-refractivity contribution in [2.45, 2.75) is 13.8 Å². The monoisotopic (exact) mass is 429 g/mol. The van der Waals surface area contributed by atoms with Crippen molar-refractivity contribution in [1.29, 1.82) is 0 Å². The number of carbonyl (C=O) groups excluding carboxylic acids is 2. The molecule has 0 fully saturated rings. The average Bonchev–Trinajstić information content (AvgIpc) is 3.18. The van der Waals surface area contributed by atoms with E-state index in [1.165, 1.54) is 0 Å². The van der Waals surface area contributed by atoms with Crippen LogP contribution >= 0.6 is 0 Å². The third-order valence-corrected chi connectivity index (χ3v) is 6.19. The zero-order valence-electron chi connectivity index (χ0n) is 18.2. The van der Waals surface area contributed by atoms with E-state index in [0.717, 1.165) is 27.9 Å². The highest BCUT2D eigenvalue weighted by Crippen LogP contribution is 2.40. The number of para-hydroxylation sites is 1. The maximum Gasteiger partial charge on any atom is 0.212 e. The lowest BCUT2D eigenvalue weighted by atomic mass is 9.82. The highest BCUT2D eigenvalue weighted by molar-refractivity contribution is 6.31. The summed E-state index contributed by atoms with van der Waals surface area (Å²) in [5.41, 5.74) is 6.17. The number of nitrogens with zero attached hydrogens (tertiary/aromatic N) is 3. The summed E-state index contributed by atoms with van der Waals surface area (Å²) in [5, 5.41) is 5.55. The predicted molar refractivity (Wildman–Crippen MR) is 127 cm³/mol. The Bertz CT molecular complexity index is 1600. The molecular formula is C28H19N3O2. The van der Waals surface area contributed by atoms with Crippen LogP contribution in [-0.4, -0.2) is 26.3 Å². The van der Waals surface area contributed by atoms with Gasteiger partial charge in [0, 0.05) is 16.7 Å². The minimum atomic E-state index is -0.242. The van der Waals surface area contributed by atoms with Gasteiger partial charge in [-0.25, -0.2) is 9.67 Å². The van der Waals surface area contributed by atoms with Crippen LogP contribution in [0.3, 0.4) is 0 Å². The van der Waals surface area contributed by atoms with E-state index in [4.69, 9.17) is 10.1 Å². The second-order valence-corrected chi connectivity index (χ2v) is 8.31. The molecule has 0 saturated carbocycles. The molecule has 5 heteroatoms. The van der Waals surface area contributed by atoms with Crippen LogP contribution in [0.4, 0.5) is 0 Å². The molecule has 0 bridgehead atoms. The van der Waals surface area contributed by atoms with Crippen LogP contribution in [0.5, 0.6) is 0 Å². The second kappa shape index (κ2) is 7.07. The Balaban J connectivity index is 1.77. The fraction of sp³-hybridized carbons (Fsp3) is 0.0714. The van der Waals surface area contributed by atoms with Gasteiger partial charge in [0.25, 0.3) is 0 Å². The molecule has 0 aliphatic heterocycles. The number of hydrogen-bond donors (Lipinski definition) is 0. The average molecular weight is 429 g/mol. The highest BCUT2D eigenvalue weighted by Gasteiger charge is 2.35. The molecule has 0 unspecified atom stereocenters. The second-order valence-electron chi connectivity index (χ2n) is 8.31. The zero-order chi connectivity index (χ0) is 22.7. The summed E-state index contributed by atoms with van der Waals surface area (Å²) < 4.78 is 1.75. The molecule has 158 valence electrons. The number of aromatic nitrogens is 3. The first kappa shape index (κ1) is 19.3. The van der Waals surface area contributed by atoms with Crippen molar-refractivity contribution >= 4 is 22.6 Å². The van der Waals surface area contributed by atoms with E-state index >= 15 is 0 Å². The molecule has 1 aliphatic rings. The fourth-order valence-corrected chi connectivity index (χ4v) is 4.60. The number of benzene rings is 3. The molecule has 5 aromatic rings. The Kier molecular flexibility index (Phi) is 4.14. The number of hydrogen-bond acceptors (Lipinski definition) is 4. The Morgan fingerprint density at radius 1 is 0.697 bits per heavy atom. The third-order valence-electron chi connectivity index (χ3n) is 6.19. The van der Waals surface area contributed by atoms with E-state index in [1.807, 2.05) is 68.4 Å². The van der Waals surface area contributed by atoms with Crippen LogP contribution in [0, 0.1) is 13.8 Å². The Labute approximate surface area is 190 Å². The van der Waals surface area contributed by atoms with Crippen LogP contribution < -0.4 is 0 Å². The van der Waals surface area contributed by atoms with Gasteiger partial charge in [0.05, 0.1) is 22.3 Å². The maximum absolute atomic E-state index is 13.7. The smallest absolute Gasteiger partial charge is 0.212 e.